The number of rotatable bonds is 2. The van der Waals surface area contributed by atoms with Crippen LogP contribution >= 0.6 is 0 Å². The first kappa shape index (κ1) is 14.7. The average molecular weight is 297 g/mol. The van der Waals surface area contributed by atoms with Crippen LogP contribution in [0, 0.1) is 0 Å². The van der Waals surface area contributed by atoms with Gasteiger partial charge in [0.2, 0.25) is 0 Å². The van der Waals surface area contributed by atoms with Crippen molar-refractivity contribution in [3.05, 3.63) is 34.9 Å². The average Bonchev–Trinajstić information content (AvgIpc) is 2.61. The number of nitrogens with zero attached hydrogens (tertiary/aromatic N) is 1. The molecule has 0 atom stereocenters. The number of hydrogen-bond donors (Lipinski definition) is 0. The van der Waals surface area contributed by atoms with Gasteiger partial charge in [-0.15, -0.1) is 0 Å². The van der Waals surface area contributed by atoms with E-state index in [4.69, 9.17) is 0 Å². The summed E-state index contributed by atoms with van der Waals surface area (Å²) in [7, 11) is 0. The largest absolute Gasteiger partial charge is 0.416 e. The van der Waals surface area contributed by atoms with Gasteiger partial charge in [-0.3, -0.25) is 4.79 Å². The molecule has 0 unspecified atom stereocenters. The number of fused-ring (bicyclic) bond motifs is 1. The molecule has 1 aliphatic heterocycles. The first-order valence-corrected chi connectivity index (χ1v) is 5.64. The van der Waals surface area contributed by atoms with E-state index in [1.54, 1.807) is 0 Å². The molecule has 1 aromatic rings. The van der Waals surface area contributed by atoms with Crippen LogP contribution in [-0.2, 0) is 12.7 Å². The monoisotopic (exact) mass is 297 g/mol. The van der Waals surface area contributed by atoms with E-state index >= 15 is 0 Å². The van der Waals surface area contributed by atoms with Crippen molar-refractivity contribution < 1.29 is 31.1 Å². The van der Waals surface area contributed by atoms with E-state index in [0.717, 1.165) is 23.1 Å². The summed E-state index contributed by atoms with van der Waals surface area (Å²) >= 11 is 0. The van der Waals surface area contributed by atoms with Gasteiger partial charge in [0.05, 0.1) is 12.0 Å². The molecule has 1 heterocycles. The molecular weight excluding hydrogens is 288 g/mol. The van der Waals surface area contributed by atoms with Crippen LogP contribution in [0.5, 0.6) is 0 Å². The summed E-state index contributed by atoms with van der Waals surface area (Å²) in [5.74, 6) is -0.669. The molecule has 0 saturated heterocycles. The fourth-order valence-electron chi connectivity index (χ4n) is 2.00. The third-order valence-corrected chi connectivity index (χ3v) is 2.98. The molecular formula is C12H9F6NO. The molecule has 0 radical (unpaired) electrons. The molecule has 0 fully saturated rings. The number of carbonyl (C=O) groups excluding carboxylic acids is 1. The van der Waals surface area contributed by atoms with Crippen molar-refractivity contribution >= 4 is 5.91 Å². The molecule has 1 amide bonds. The number of halogens is 6. The summed E-state index contributed by atoms with van der Waals surface area (Å²) in [4.78, 5) is 12.7. The Morgan fingerprint density at radius 2 is 1.75 bits per heavy atom. The summed E-state index contributed by atoms with van der Waals surface area (Å²) in [6.45, 7) is -0.785. The van der Waals surface area contributed by atoms with E-state index in [-0.39, 0.29) is 17.7 Å². The molecule has 2 nitrogen and oxygen atoms in total. The summed E-state index contributed by atoms with van der Waals surface area (Å²) in [5.41, 5.74) is -0.783. The van der Waals surface area contributed by atoms with Gasteiger partial charge in [0.25, 0.3) is 5.91 Å². The van der Waals surface area contributed by atoms with Crippen molar-refractivity contribution in [2.24, 2.45) is 0 Å². The fourth-order valence-corrected chi connectivity index (χ4v) is 2.00. The second-order valence-corrected chi connectivity index (χ2v) is 4.46. The van der Waals surface area contributed by atoms with E-state index in [0.29, 0.717) is 0 Å². The zero-order valence-corrected chi connectivity index (χ0v) is 9.98. The van der Waals surface area contributed by atoms with E-state index in [2.05, 4.69) is 0 Å². The highest BCUT2D eigenvalue weighted by molar-refractivity contribution is 5.98. The summed E-state index contributed by atoms with van der Waals surface area (Å²) in [6, 6.07) is 2.57. The molecule has 0 N–H and O–H groups in total. The minimum absolute atomic E-state index is 0.0279. The lowest BCUT2D eigenvalue weighted by Crippen LogP contribution is -2.28. The van der Waals surface area contributed by atoms with Crippen molar-refractivity contribution in [1.82, 2.24) is 4.90 Å². The Balaban J connectivity index is 2.17. The van der Waals surface area contributed by atoms with Crippen LogP contribution in [0.25, 0.3) is 0 Å². The van der Waals surface area contributed by atoms with Crippen LogP contribution in [0.15, 0.2) is 18.2 Å². The third kappa shape index (κ3) is 3.05. The van der Waals surface area contributed by atoms with Crippen molar-refractivity contribution in [2.75, 3.05) is 6.54 Å². The first-order valence-electron chi connectivity index (χ1n) is 5.64. The van der Waals surface area contributed by atoms with Gasteiger partial charge in [0.15, 0.2) is 0 Å². The van der Waals surface area contributed by atoms with Gasteiger partial charge in [-0.25, -0.2) is 0 Å². The molecule has 0 aliphatic carbocycles. The molecule has 0 aromatic heterocycles. The number of carbonyl (C=O) groups is 1. The van der Waals surface area contributed by atoms with Crippen LogP contribution in [0.4, 0.5) is 26.3 Å². The highest BCUT2D eigenvalue weighted by Crippen LogP contribution is 2.33. The predicted octanol–water partition coefficient (Wildman–Crippen LogP) is 3.61. The van der Waals surface area contributed by atoms with Crippen molar-refractivity contribution in [3.8, 4) is 0 Å². The molecule has 20 heavy (non-hydrogen) atoms. The molecule has 0 saturated carbocycles. The standard InChI is InChI=1S/C12H9F6NO/c13-11(14,15)3-4-19-6-7-5-8(12(16,17)18)1-2-9(7)10(19)20/h1-2,5H,3-4,6H2. The van der Waals surface area contributed by atoms with Gasteiger partial charge < -0.3 is 4.90 Å². The zero-order chi connectivity index (χ0) is 15.1. The van der Waals surface area contributed by atoms with Gasteiger partial charge >= 0.3 is 12.4 Å². The number of hydrogen-bond acceptors (Lipinski definition) is 1. The lowest BCUT2D eigenvalue weighted by Gasteiger charge is -2.16. The normalized spacial score (nSPS) is 15.7. The van der Waals surface area contributed by atoms with Gasteiger partial charge in [0.1, 0.15) is 0 Å². The molecule has 0 bridgehead atoms. The highest BCUT2D eigenvalue weighted by Gasteiger charge is 2.36. The highest BCUT2D eigenvalue weighted by atomic mass is 19.4. The van der Waals surface area contributed by atoms with Gasteiger partial charge in [-0.05, 0) is 23.8 Å². The quantitative estimate of drug-likeness (QED) is 0.764. The fraction of sp³-hybridized carbons (Fsp3) is 0.417. The Kier molecular flexibility index (Phi) is 3.43. The minimum atomic E-state index is -4.54. The van der Waals surface area contributed by atoms with E-state index in [9.17, 15) is 31.1 Å². The van der Waals surface area contributed by atoms with Gasteiger partial charge in [0, 0.05) is 18.7 Å². The van der Waals surface area contributed by atoms with Crippen LogP contribution < -0.4 is 0 Å². The Labute approximate surface area is 110 Å². The van der Waals surface area contributed by atoms with Gasteiger partial charge in [-0.2, -0.15) is 26.3 Å². The van der Waals surface area contributed by atoms with Crippen LogP contribution in [0.3, 0.4) is 0 Å². The Bertz CT molecular complexity index is 534. The van der Waals surface area contributed by atoms with Gasteiger partial charge in [-0.1, -0.05) is 0 Å². The maximum absolute atomic E-state index is 12.5. The Morgan fingerprint density at radius 3 is 2.30 bits per heavy atom. The lowest BCUT2D eigenvalue weighted by molar-refractivity contribution is -0.137. The van der Waals surface area contributed by atoms with Crippen molar-refractivity contribution in [1.29, 1.82) is 0 Å². The number of benzene rings is 1. The summed E-state index contributed by atoms with van der Waals surface area (Å²) in [6.07, 6.45) is -10.1. The number of amides is 1. The smallest absolute Gasteiger partial charge is 0.334 e. The molecule has 8 heteroatoms. The zero-order valence-electron chi connectivity index (χ0n) is 9.98. The first-order chi connectivity index (χ1) is 9.08. The maximum atomic E-state index is 12.5. The number of alkyl halides is 6. The topological polar surface area (TPSA) is 20.3 Å². The minimum Gasteiger partial charge on any atom is -0.334 e. The Hall–Kier alpha value is -1.73. The molecule has 1 aromatic carbocycles. The molecule has 1 aliphatic rings. The van der Waals surface area contributed by atoms with E-state index in [1.165, 1.54) is 0 Å². The second-order valence-electron chi connectivity index (χ2n) is 4.46. The van der Waals surface area contributed by atoms with E-state index < -0.39 is 36.8 Å². The third-order valence-electron chi connectivity index (χ3n) is 2.98. The van der Waals surface area contributed by atoms with Crippen LogP contribution in [-0.4, -0.2) is 23.5 Å². The van der Waals surface area contributed by atoms with Crippen molar-refractivity contribution in [2.45, 2.75) is 25.3 Å². The Morgan fingerprint density at radius 1 is 1.10 bits per heavy atom. The molecule has 110 valence electrons. The van der Waals surface area contributed by atoms with Crippen molar-refractivity contribution in [3.63, 3.8) is 0 Å². The van der Waals surface area contributed by atoms with E-state index in [1.807, 2.05) is 0 Å². The lowest BCUT2D eigenvalue weighted by atomic mass is 10.1. The summed E-state index contributed by atoms with van der Waals surface area (Å²) < 4.78 is 73.8. The van der Waals surface area contributed by atoms with Crippen LogP contribution in [0.2, 0.25) is 0 Å². The predicted molar refractivity (Wildman–Crippen MR) is 56.9 cm³/mol. The maximum Gasteiger partial charge on any atom is 0.416 e. The second kappa shape index (κ2) is 4.68. The van der Waals surface area contributed by atoms with Crippen LogP contribution in [0.1, 0.15) is 27.9 Å². The SMILES string of the molecule is O=C1c2ccc(C(F)(F)F)cc2CN1CCC(F)(F)F. The molecule has 0 spiro atoms. The molecule has 2 rings (SSSR count). The summed E-state index contributed by atoms with van der Waals surface area (Å²) in [5, 5.41) is 0.